The Bertz CT molecular complexity index is 1320. The van der Waals surface area contributed by atoms with Gasteiger partial charge in [-0.25, -0.2) is 17.4 Å². The van der Waals surface area contributed by atoms with Crippen molar-refractivity contribution in [3.8, 4) is 0 Å². The Labute approximate surface area is 192 Å². The molecule has 1 heterocycles. The van der Waals surface area contributed by atoms with E-state index in [-0.39, 0.29) is 21.7 Å². The van der Waals surface area contributed by atoms with Crippen molar-refractivity contribution in [2.75, 3.05) is 5.75 Å². The molecule has 0 bridgehead atoms. The Morgan fingerprint density at radius 3 is 2.39 bits per heavy atom. The molecule has 31 heavy (non-hydrogen) atoms. The molecule has 6 nitrogen and oxygen atoms in total. The number of benzene rings is 3. The van der Waals surface area contributed by atoms with Crippen LogP contribution < -0.4 is 5.32 Å². The zero-order valence-electron chi connectivity index (χ0n) is 16.2. The standard InChI is InChI=1S/C22H18BrN3O3S2/c23-17-10-12-18(13-11-17)31(28,29)26-20-9-5-4-8-19(20)25-22(26)30-15-21(27)24-14-16-6-2-1-3-7-16/h1-13H,14-15H2,(H,24,27). The van der Waals surface area contributed by atoms with Crippen LogP contribution in [0.15, 0.2) is 93.4 Å². The Kier molecular flexibility index (Phi) is 6.45. The summed E-state index contributed by atoms with van der Waals surface area (Å²) in [5, 5.41) is 3.10. The van der Waals surface area contributed by atoms with E-state index >= 15 is 0 Å². The number of nitrogens with one attached hydrogen (secondary N) is 1. The predicted molar refractivity (Wildman–Crippen MR) is 125 cm³/mol. The number of thioether (sulfide) groups is 1. The number of para-hydroxylation sites is 2. The predicted octanol–water partition coefficient (Wildman–Crippen LogP) is 4.44. The lowest BCUT2D eigenvalue weighted by molar-refractivity contribution is -0.118. The highest BCUT2D eigenvalue weighted by atomic mass is 79.9. The maximum Gasteiger partial charge on any atom is 0.270 e. The minimum atomic E-state index is -3.89. The number of aromatic nitrogens is 2. The number of halogens is 1. The molecule has 1 amide bonds. The van der Waals surface area contributed by atoms with Gasteiger partial charge >= 0.3 is 0 Å². The fourth-order valence-corrected chi connectivity index (χ4v) is 5.80. The minimum absolute atomic E-state index is 0.0476. The van der Waals surface area contributed by atoms with Crippen LogP contribution in [0.5, 0.6) is 0 Å². The van der Waals surface area contributed by atoms with Gasteiger partial charge in [0.25, 0.3) is 10.0 Å². The number of carbonyl (C=O) groups excluding carboxylic acids is 1. The van der Waals surface area contributed by atoms with Crippen molar-refractivity contribution in [2.45, 2.75) is 16.6 Å². The molecule has 0 aliphatic heterocycles. The molecule has 158 valence electrons. The molecule has 4 aromatic rings. The number of nitrogens with zero attached hydrogens (tertiary/aromatic N) is 2. The number of imidazole rings is 1. The van der Waals surface area contributed by atoms with Crippen molar-refractivity contribution in [1.29, 1.82) is 0 Å². The third-order valence-corrected chi connectivity index (χ3v) is 7.81. The number of fused-ring (bicyclic) bond motifs is 1. The maximum atomic E-state index is 13.4. The van der Waals surface area contributed by atoms with Gasteiger partial charge in [-0.15, -0.1) is 0 Å². The van der Waals surface area contributed by atoms with E-state index in [1.807, 2.05) is 30.3 Å². The fraction of sp³-hybridized carbons (Fsp3) is 0.0909. The van der Waals surface area contributed by atoms with Crippen LogP contribution in [0.2, 0.25) is 0 Å². The third-order valence-electron chi connectivity index (χ3n) is 4.51. The van der Waals surface area contributed by atoms with Crippen molar-refractivity contribution in [3.05, 3.63) is 88.9 Å². The van der Waals surface area contributed by atoms with E-state index in [1.165, 1.54) is 16.1 Å². The minimum Gasteiger partial charge on any atom is -0.351 e. The number of amides is 1. The van der Waals surface area contributed by atoms with E-state index in [1.54, 1.807) is 36.4 Å². The first-order valence-electron chi connectivity index (χ1n) is 9.37. The van der Waals surface area contributed by atoms with Gasteiger partial charge in [-0.1, -0.05) is 70.2 Å². The molecule has 4 rings (SSSR count). The van der Waals surface area contributed by atoms with Crippen LogP contribution in [-0.4, -0.2) is 29.0 Å². The van der Waals surface area contributed by atoms with Crippen molar-refractivity contribution in [1.82, 2.24) is 14.3 Å². The average molecular weight is 516 g/mol. The molecule has 0 unspecified atom stereocenters. The molecule has 0 radical (unpaired) electrons. The summed E-state index contributed by atoms with van der Waals surface area (Å²) in [6, 6.07) is 23.0. The summed E-state index contributed by atoms with van der Waals surface area (Å²) in [7, 11) is -3.89. The van der Waals surface area contributed by atoms with Crippen LogP contribution in [0.3, 0.4) is 0 Å². The van der Waals surface area contributed by atoms with E-state index in [4.69, 9.17) is 0 Å². The zero-order valence-corrected chi connectivity index (χ0v) is 19.5. The van der Waals surface area contributed by atoms with Gasteiger partial charge in [-0.3, -0.25) is 4.79 Å². The number of rotatable bonds is 7. The summed E-state index contributed by atoms with van der Waals surface area (Å²) in [5.41, 5.74) is 2.01. The molecule has 9 heteroatoms. The van der Waals surface area contributed by atoms with Crippen LogP contribution in [0.1, 0.15) is 5.56 Å². The largest absolute Gasteiger partial charge is 0.351 e. The molecule has 0 fully saturated rings. The molecular formula is C22H18BrN3O3S2. The second-order valence-electron chi connectivity index (χ2n) is 6.66. The highest BCUT2D eigenvalue weighted by Gasteiger charge is 2.25. The lowest BCUT2D eigenvalue weighted by atomic mass is 10.2. The topological polar surface area (TPSA) is 81.1 Å². The Balaban J connectivity index is 1.59. The van der Waals surface area contributed by atoms with Crippen molar-refractivity contribution < 1.29 is 13.2 Å². The van der Waals surface area contributed by atoms with Gasteiger partial charge in [-0.05, 0) is 42.0 Å². The Morgan fingerprint density at radius 1 is 0.968 bits per heavy atom. The van der Waals surface area contributed by atoms with Gasteiger partial charge in [0.1, 0.15) is 0 Å². The summed E-state index contributed by atoms with van der Waals surface area (Å²) >= 11 is 4.42. The van der Waals surface area contributed by atoms with Crippen molar-refractivity contribution in [2.24, 2.45) is 0 Å². The first kappa shape index (κ1) is 21.6. The van der Waals surface area contributed by atoms with Gasteiger partial charge in [0.15, 0.2) is 5.16 Å². The Hall–Kier alpha value is -2.62. The summed E-state index contributed by atoms with van der Waals surface area (Å²) in [5.74, 6) is -0.153. The molecule has 0 spiro atoms. The first-order valence-corrected chi connectivity index (χ1v) is 12.6. The maximum absolute atomic E-state index is 13.4. The van der Waals surface area contributed by atoms with Gasteiger partial charge in [0.2, 0.25) is 5.91 Å². The van der Waals surface area contributed by atoms with Gasteiger partial charge in [0, 0.05) is 11.0 Å². The average Bonchev–Trinajstić information content (AvgIpc) is 3.16. The number of hydrogen-bond acceptors (Lipinski definition) is 5. The van der Waals surface area contributed by atoms with Crippen LogP contribution in [0.25, 0.3) is 11.0 Å². The van der Waals surface area contributed by atoms with Crippen molar-refractivity contribution >= 4 is 54.7 Å². The van der Waals surface area contributed by atoms with Gasteiger partial charge in [-0.2, -0.15) is 0 Å². The molecule has 0 aliphatic rings. The van der Waals surface area contributed by atoms with E-state index in [0.29, 0.717) is 17.6 Å². The fourth-order valence-electron chi connectivity index (χ4n) is 2.99. The first-order chi connectivity index (χ1) is 14.9. The number of carbonyl (C=O) groups is 1. The molecule has 0 saturated carbocycles. The van der Waals surface area contributed by atoms with E-state index < -0.39 is 10.0 Å². The molecule has 1 N–H and O–H groups in total. The van der Waals surface area contributed by atoms with Crippen LogP contribution in [0, 0.1) is 0 Å². The lowest BCUT2D eigenvalue weighted by Crippen LogP contribution is -2.25. The van der Waals surface area contributed by atoms with Crippen LogP contribution >= 0.6 is 27.7 Å². The monoisotopic (exact) mass is 515 g/mol. The number of hydrogen-bond donors (Lipinski definition) is 1. The highest BCUT2D eigenvalue weighted by Crippen LogP contribution is 2.29. The molecule has 1 aromatic heterocycles. The Morgan fingerprint density at radius 2 is 1.65 bits per heavy atom. The molecular weight excluding hydrogens is 498 g/mol. The lowest BCUT2D eigenvalue weighted by Gasteiger charge is -2.10. The van der Waals surface area contributed by atoms with Gasteiger partial charge in [0.05, 0.1) is 21.7 Å². The van der Waals surface area contributed by atoms with Crippen LogP contribution in [-0.2, 0) is 21.4 Å². The molecule has 3 aromatic carbocycles. The third kappa shape index (κ3) is 4.84. The summed E-state index contributed by atoms with van der Waals surface area (Å²) in [6.07, 6.45) is 0. The van der Waals surface area contributed by atoms with Crippen molar-refractivity contribution in [3.63, 3.8) is 0 Å². The molecule has 0 atom stereocenters. The molecule has 0 saturated heterocycles. The normalized spacial score (nSPS) is 11.5. The van der Waals surface area contributed by atoms with Crippen LogP contribution in [0.4, 0.5) is 0 Å². The SMILES string of the molecule is O=C(CSc1nc2ccccc2n1S(=O)(=O)c1ccc(Br)cc1)NCc1ccccc1. The van der Waals surface area contributed by atoms with E-state index in [9.17, 15) is 13.2 Å². The zero-order chi connectivity index (χ0) is 21.8. The molecule has 0 aliphatic carbocycles. The smallest absolute Gasteiger partial charge is 0.270 e. The summed E-state index contributed by atoms with van der Waals surface area (Å²) < 4.78 is 28.8. The second kappa shape index (κ2) is 9.25. The summed E-state index contributed by atoms with van der Waals surface area (Å²) in [4.78, 5) is 17.0. The summed E-state index contributed by atoms with van der Waals surface area (Å²) in [6.45, 7) is 0.411. The quantitative estimate of drug-likeness (QED) is 0.368. The highest BCUT2D eigenvalue weighted by molar-refractivity contribution is 9.10. The van der Waals surface area contributed by atoms with Gasteiger partial charge < -0.3 is 5.32 Å². The van der Waals surface area contributed by atoms with E-state index in [2.05, 4.69) is 26.2 Å². The second-order valence-corrected chi connectivity index (χ2v) is 10.3. The van der Waals surface area contributed by atoms with E-state index in [0.717, 1.165) is 21.8 Å².